The summed E-state index contributed by atoms with van der Waals surface area (Å²) in [5, 5.41) is 0. The molecule has 0 aromatic heterocycles. The molecule has 1 saturated carbocycles. The molecule has 1 aliphatic rings. The Balaban J connectivity index is 0.000000490. The Kier molecular flexibility index (Phi) is 3.53. The van der Waals surface area contributed by atoms with Crippen molar-refractivity contribution in [3.05, 3.63) is 12.2 Å². The Morgan fingerprint density at radius 1 is 1.00 bits per heavy atom. The first-order valence-electron chi connectivity index (χ1n) is 3.06. The third kappa shape index (κ3) is 2.12. The van der Waals surface area contributed by atoms with Gasteiger partial charge >= 0.3 is 0 Å². The highest BCUT2D eigenvalue weighted by Crippen LogP contribution is 2.20. The molecule has 0 aromatic carbocycles. The molecule has 1 heteroatoms. The van der Waals surface area contributed by atoms with Crippen LogP contribution < -0.4 is 6.15 Å². The normalized spacial score (nSPS) is 19.8. The van der Waals surface area contributed by atoms with Crippen LogP contribution in [-0.2, 0) is 0 Å². The summed E-state index contributed by atoms with van der Waals surface area (Å²) in [6.45, 7) is 3.91. The highest BCUT2D eigenvalue weighted by Gasteiger charge is 2.00. The van der Waals surface area contributed by atoms with E-state index in [2.05, 4.69) is 6.58 Å². The van der Waals surface area contributed by atoms with Gasteiger partial charge in [-0.1, -0.05) is 18.6 Å². The lowest BCUT2D eigenvalue weighted by Crippen LogP contribution is -1.90. The molecule has 0 atom stereocenters. The van der Waals surface area contributed by atoms with E-state index >= 15 is 0 Å². The highest BCUT2D eigenvalue weighted by molar-refractivity contribution is 4.95. The zero-order chi connectivity index (χ0) is 5.11. The molecule has 0 aromatic rings. The third-order valence-corrected chi connectivity index (χ3v) is 1.56. The molecule has 0 unspecified atom stereocenters. The van der Waals surface area contributed by atoms with Crippen molar-refractivity contribution in [2.45, 2.75) is 32.1 Å². The summed E-state index contributed by atoms with van der Waals surface area (Å²) in [5.74, 6) is 0. The van der Waals surface area contributed by atoms with Crippen molar-refractivity contribution in [2.75, 3.05) is 0 Å². The molecular formula is C7H15N. The lowest BCUT2D eigenvalue weighted by molar-refractivity contribution is 0.601. The molecule has 1 rings (SSSR count). The fraction of sp³-hybridized carbons (Fsp3) is 0.714. The first kappa shape index (κ1) is 7.70. The van der Waals surface area contributed by atoms with Crippen molar-refractivity contribution in [1.82, 2.24) is 6.15 Å². The monoisotopic (exact) mass is 113 g/mol. The Labute approximate surface area is 51.4 Å². The van der Waals surface area contributed by atoms with Crippen molar-refractivity contribution in [1.29, 1.82) is 0 Å². The van der Waals surface area contributed by atoms with Crippen LogP contribution >= 0.6 is 0 Å². The summed E-state index contributed by atoms with van der Waals surface area (Å²) in [4.78, 5) is 0. The standard InChI is InChI=1S/C7H12.H3N/c1-7-5-3-2-4-6-7;/h1-6H2;1H3. The van der Waals surface area contributed by atoms with Crippen molar-refractivity contribution in [3.8, 4) is 0 Å². The quantitative estimate of drug-likeness (QED) is 0.481. The molecule has 0 saturated heterocycles. The van der Waals surface area contributed by atoms with Crippen LogP contribution in [0.25, 0.3) is 0 Å². The summed E-state index contributed by atoms with van der Waals surface area (Å²) >= 11 is 0. The number of allylic oxidation sites excluding steroid dienone is 1. The van der Waals surface area contributed by atoms with E-state index in [1.54, 1.807) is 0 Å². The Morgan fingerprint density at radius 3 is 1.75 bits per heavy atom. The van der Waals surface area contributed by atoms with Gasteiger partial charge in [0.2, 0.25) is 0 Å². The van der Waals surface area contributed by atoms with Gasteiger partial charge < -0.3 is 6.15 Å². The van der Waals surface area contributed by atoms with Crippen LogP contribution in [0.3, 0.4) is 0 Å². The maximum absolute atomic E-state index is 3.91. The fourth-order valence-corrected chi connectivity index (χ4v) is 1.05. The van der Waals surface area contributed by atoms with Gasteiger partial charge in [0, 0.05) is 0 Å². The highest BCUT2D eigenvalue weighted by atomic mass is 14.1. The van der Waals surface area contributed by atoms with E-state index in [9.17, 15) is 0 Å². The van der Waals surface area contributed by atoms with Crippen molar-refractivity contribution in [3.63, 3.8) is 0 Å². The minimum atomic E-state index is 0. The molecule has 1 fully saturated rings. The summed E-state index contributed by atoms with van der Waals surface area (Å²) < 4.78 is 0. The SMILES string of the molecule is C=C1CCCCC1.N. The van der Waals surface area contributed by atoms with Gasteiger partial charge in [0.25, 0.3) is 0 Å². The molecule has 0 heterocycles. The van der Waals surface area contributed by atoms with Crippen LogP contribution in [0.1, 0.15) is 32.1 Å². The molecule has 0 amide bonds. The molecule has 0 bridgehead atoms. The van der Waals surface area contributed by atoms with Crippen LogP contribution in [0.15, 0.2) is 12.2 Å². The van der Waals surface area contributed by atoms with Crippen molar-refractivity contribution < 1.29 is 0 Å². The van der Waals surface area contributed by atoms with Gasteiger partial charge in [0.1, 0.15) is 0 Å². The molecule has 48 valence electrons. The van der Waals surface area contributed by atoms with Crippen LogP contribution in [-0.4, -0.2) is 0 Å². The second kappa shape index (κ2) is 3.67. The molecule has 1 aliphatic carbocycles. The average molecular weight is 113 g/mol. The first-order chi connectivity index (χ1) is 3.39. The maximum atomic E-state index is 3.91. The van der Waals surface area contributed by atoms with Gasteiger partial charge in [0.05, 0.1) is 0 Å². The largest absolute Gasteiger partial charge is 0.344 e. The van der Waals surface area contributed by atoms with Gasteiger partial charge in [0.15, 0.2) is 0 Å². The molecule has 0 radical (unpaired) electrons. The van der Waals surface area contributed by atoms with E-state index < -0.39 is 0 Å². The number of hydrogen-bond acceptors (Lipinski definition) is 1. The molecule has 3 N–H and O–H groups in total. The predicted octanol–water partition coefficient (Wildman–Crippen LogP) is 2.67. The van der Waals surface area contributed by atoms with E-state index in [0.29, 0.717) is 0 Å². The van der Waals surface area contributed by atoms with Gasteiger partial charge in [-0.2, -0.15) is 0 Å². The molecule has 0 aliphatic heterocycles. The van der Waals surface area contributed by atoms with Crippen LogP contribution in [0.5, 0.6) is 0 Å². The van der Waals surface area contributed by atoms with Crippen LogP contribution in [0.4, 0.5) is 0 Å². The summed E-state index contributed by atoms with van der Waals surface area (Å²) in [6.07, 6.45) is 6.79. The Bertz CT molecular complexity index is 68.5. The van der Waals surface area contributed by atoms with Crippen LogP contribution in [0.2, 0.25) is 0 Å². The maximum Gasteiger partial charge on any atom is -0.0323 e. The van der Waals surface area contributed by atoms with Gasteiger partial charge in [-0.3, -0.25) is 0 Å². The van der Waals surface area contributed by atoms with Crippen molar-refractivity contribution >= 4 is 0 Å². The first-order valence-corrected chi connectivity index (χ1v) is 3.06. The van der Waals surface area contributed by atoms with E-state index in [-0.39, 0.29) is 6.15 Å². The number of rotatable bonds is 0. The summed E-state index contributed by atoms with van der Waals surface area (Å²) in [6, 6.07) is 0. The summed E-state index contributed by atoms with van der Waals surface area (Å²) in [5.41, 5.74) is 1.46. The Hall–Kier alpha value is -0.300. The molecule has 0 spiro atoms. The molecular weight excluding hydrogens is 98.1 g/mol. The topological polar surface area (TPSA) is 35.0 Å². The van der Waals surface area contributed by atoms with Gasteiger partial charge in [-0.15, -0.1) is 0 Å². The van der Waals surface area contributed by atoms with Gasteiger partial charge in [-0.05, 0) is 25.7 Å². The van der Waals surface area contributed by atoms with Crippen molar-refractivity contribution in [2.24, 2.45) is 0 Å². The lowest BCUT2D eigenvalue weighted by atomic mass is 9.97. The zero-order valence-corrected chi connectivity index (χ0v) is 5.45. The van der Waals surface area contributed by atoms with Crippen LogP contribution in [0, 0.1) is 0 Å². The van der Waals surface area contributed by atoms with Gasteiger partial charge in [-0.25, -0.2) is 0 Å². The van der Waals surface area contributed by atoms with E-state index in [0.717, 1.165) is 0 Å². The fourth-order valence-electron chi connectivity index (χ4n) is 1.05. The lowest BCUT2D eigenvalue weighted by Gasteiger charge is -2.10. The molecule has 8 heavy (non-hydrogen) atoms. The van der Waals surface area contributed by atoms with E-state index in [1.807, 2.05) is 0 Å². The second-order valence-corrected chi connectivity index (χ2v) is 2.31. The smallest absolute Gasteiger partial charge is 0.0323 e. The average Bonchev–Trinajstić information content (AvgIpc) is 1.69. The zero-order valence-electron chi connectivity index (χ0n) is 5.45. The molecule has 1 nitrogen and oxygen atoms in total. The summed E-state index contributed by atoms with van der Waals surface area (Å²) in [7, 11) is 0. The number of hydrogen-bond donors (Lipinski definition) is 1. The minimum absolute atomic E-state index is 0. The van der Waals surface area contributed by atoms with E-state index in [1.165, 1.54) is 37.7 Å². The minimum Gasteiger partial charge on any atom is -0.344 e. The predicted molar refractivity (Wildman–Crippen MR) is 37.2 cm³/mol. The third-order valence-electron chi connectivity index (χ3n) is 1.56. The Morgan fingerprint density at radius 2 is 1.50 bits per heavy atom. The second-order valence-electron chi connectivity index (χ2n) is 2.31. The van der Waals surface area contributed by atoms with E-state index in [4.69, 9.17) is 0 Å².